The van der Waals surface area contributed by atoms with Gasteiger partial charge in [0.1, 0.15) is 0 Å². The Kier molecular flexibility index (Phi) is 6.86. The summed E-state index contributed by atoms with van der Waals surface area (Å²) in [6.45, 7) is 8.44. The van der Waals surface area contributed by atoms with Crippen LogP contribution in [0.25, 0.3) is 10.9 Å². The van der Waals surface area contributed by atoms with Gasteiger partial charge in [-0.25, -0.2) is 0 Å². The van der Waals surface area contributed by atoms with Crippen molar-refractivity contribution in [1.82, 2.24) is 4.98 Å². The largest absolute Gasteiger partial charge is 0.372 e. The molecule has 4 heteroatoms. The first-order valence-electron chi connectivity index (χ1n) is 11.7. The topological polar surface area (TPSA) is 40.5 Å². The van der Waals surface area contributed by atoms with Crippen LogP contribution >= 0.6 is 0 Å². The summed E-state index contributed by atoms with van der Waals surface area (Å²) in [5.41, 5.74) is 10.1. The Morgan fingerprint density at radius 1 is 1.00 bits per heavy atom. The zero-order valence-corrected chi connectivity index (χ0v) is 19.1. The molecule has 0 aliphatic heterocycles. The molecule has 1 aliphatic rings. The number of nitrogens with zero attached hydrogens (tertiary/aromatic N) is 3. The third kappa shape index (κ3) is 5.07. The molecule has 0 saturated heterocycles. The van der Waals surface area contributed by atoms with E-state index in [0.29, 0.717) is 5.92 Å². The fourth-order valence-corrected chi connectivity index (χ4v) is 4.69. The highest BCUT2D eigenvalue weighted by atomic mass is 15.3. The smallest absolute Gasteiger partial charge is 0.0726 e. The first-order chi connectivity index (χ1) is 15.2. The van der Waals surface area contributed by atoms with Crippen LogP contribution in [-0.2, 0) is 0 Å². The predicted molar refractivity (Wildman–Crippen MR) is 134 cm³/mol. The van der Waals surface area contributed by atoms with Crippen molar-refractivity contribution in [3.05, 3.63) is 65.4 Å². The number of anilines is 2. The molecule has 0 bridgehead atoms. The standard InChI is InChI=1S/C27H34N4/c1-4-31(5-2)24-14-11-21(12-15-24)19-28-30-27-17-20(3)29-26-16-13-23(18-25(26)27)22-9-7-6-8-10-22/h11-19,22H,4-10H2,1-3H3,(H,29,30)/b28-19-. The monoisotopic (exact) mass is 414 g/mol. The fourth-order valence-electron chi connectivity index (χ4n) is 4.69. The van der Waals surface area contributed by atoms with Crippen LogP contribution in [0, 0.1) is 6.92 Å². The summed E-state index contributed by atoms with van der Waals surface area (Å²) >= 11 is 0. The minimum Gasteiger partial charge on any atom is -0.372 e. The van der Waals surface area contributed by atoms with E-state index in [1.165, 1.54) is 43.4 Å². The molecule has 1 heterocycles. The number of benzene rings is 2. The number of nitrogens with one attached hydrogen (secondary N) is 1. The Labute approximate surface area is 186 Å². The highest BCUT2D eigenvalue weighted by molar-refractivity contribution is 5.92. The molecule has 0 amide bonds. The first kappa shape index (κ1) is 21.4. The molecule has 1 N–H and O–H groups in total. The summed E-state index contributed by atoms with van der Waals surface area (Å²) in [5.74, 6) is 0.681. The third-order valence-corrected chi connectivity index (χ3v) is 6.46. The lowest BCUT2D eigenvalue weighted by Crippen LogP contribution is -2.21. The normalized spacial score (nSPS) is 14.9. The maximum Gasteiger partial charge on any atom is 0.0726 e. The van der Waals surface area contributed by atoms with Gasteiger partial charge in [-0.05, 0) is 81.0 Å². The van der Waals surface area contributed by atoms with Crippen molar-refractivity contribution in [1.29, 1.82) is 0 Å². The van der Waals surface area contributed by atoms with Crippen molar-refractivity contribution in [2.45, 2.75) is 58.8 Å². The molecule has 31 heavy (non-hydrogen) atoms. The van der Waals surface area contributed by atoms with E-state index in [1.807, 2.05) is 13.1 Å². The summed E-state index contributed by atoms with van der Waals surface area (Å²) in [5, 5.41) is 5.70. The van der Waals surface area contributed by atoms with Gasteiger partial charge in [-0.3, -0.25) is 10.4 Å². The summed E-state index contributed by atoms with van der Waals surface area (Å²) < 4.78 is 0. The van der Waals surface area contributed by atoms with Crippen molar-refractivity contribution >= 4 is 28.5 Å². The minimum atomic E-state index is 0.681. The highest BCUT2D eigenvalue weighted by Crippen LogP contribution is 2.35. The van der Waals surface area contributed by atoms with E-state index in [2.05, 4.69) is 77.8 Å². The number of hydrogen-bond donors (Lipinski definition) is 1. The number of aromatic nitrogens is 1. The van der Waals surface area contributed by atoms with E-state index < -0.39 is 0 Å². The average molecular weight is 415 g/mol. The van der Waals surface area contributed by atoms with Crippen molar-refractivity contribution in [2.24, 2.45) is 5.10 Å². The summed E-state index contributed by atoms with van der Waals surface area (Å²) in [6, 6.07) is 17.4. The van der Waals surface area contributed by atoms with Gasteiger partial charge < -0.3 is 4.90 Å². The highest BCUT2D eigenvalue weighted by Gasteiger charge is 2.16. The van der Waals surface area contributed by atoms with Gasteiger partial charge in [-0.2, -0.15) is 5.10 Å². The van der Waals surface area contributed by atoms with Crippen molar-refractivity contribution in [3.8, 4) is 0 Å². The van der Waals surface area contributed by atoms with Crippen molar-refractivity contribution in [3.63, 3.8) is 0 Å². The van der Waals surface area contributed by atoms with Crippen LogP contribution in [0.5, 0.6) is 0 Å². The number of fused-ring (bicyclic) bond motifs is 1. The van der Waals surface area contributed by atoms with Gasteiger partial charge in [-0.15, -0.1) is 0 Å². The van der Waals surface area contributed by atoms with Crippen LogP contribution in [0.1, 0.15) is 68.7 Å². The van der Waals surface area contributed by atoms with E-state index in [9.17, 15) is 0 Å². The SMILES string of the molecule is CCN(CC)c1ccc(/C=N\Nc2cc(C)nc3ccc(C4CCCCC4)cc23)cc1. The molecule has 4 rings (SSSR count). The van der Waals surface area contributed by atoms with Gasteiger partial charge in [0.05, 0.1) is 17.4 Å². The molecule has 1 saturated carbocycles. The van der Waals surface area contributed by atoms with Gasteiger partial charge in [0.25, 0.3) is 0 Å². The quantitative estimate of drug-likeness (QED) is 0.338. The molecule has 0 radical (unpaired) electrons. The molecular weight excluding hydrogens is 380 g/mol. The third-order valence-electron chi connectivity index (χ3n) is 6.46. The molecule has 3 aromatic rings. The van der Waals surface area contributed by atoms with Crippen molar-refractivity contribution < 1.29 is 0 Å². The number of hydrazone groups is 1. The fraction of sp³-hybridized carbons (Fsp3) is 0.407. The second-order valence-corrected chi connectivity index (χ2v) is 8.56. The van der Waals surface area contributed by atoms with Crippen LogP contribution in [-0.4, -0.2) is 24.3 Å². The van der Waals surface area contributed by atoms with Crippen molar-refractivity contribution in [2.75, 3.05) is 23.4 Å². The molecule has 162 valence electrons. The van der Waals surface area contributed by atoms with Gasteiger partial charge in [-0.1, -0.05) is 37.5 Å². The van der Waals surface area contributed by atoms with Crippen LogP contribution in [0.15, 0.2) is 53.6 Å². The van der Waals surface area contributed by atoms with E-state index in [4.69, 9.17) is 4.98 Å². The lowest BCUT2D eigenvalue weighted by Gasteiger charge is -2.22. The zero-order valence-electron chi connectivity index (χ0n) is 19.1. The van der Waals surface area contributed by atoms with Gasteiger partial charge >= 0.3 is 0 Å². The summed E-state index contributed by atoms with van der Waals surface area (Å²) in [7, 11) is 0. The van der Waals surface area contributed by atoms with E-state index in [1.54, 1.807) is 0 Å². The lowest BCUT2D eigenvalue weighted by molar-refractivity contribution is 0.444. The van der Waals surface area contributed by atoms with E-state index >= 15 is 0 Å². The second kappa shape index (κ2) is 9.95. The van der Waals surface area contributed by atoms with Crippen LogP contribution in [0.2, 0.25) is 0 Å². The number of aryl methyl sites for hydroxylation is 1. The molecule has 0 unspecified atom stereocenters. The number of hydrogen-bond acceptors (Lipinski definition) is 4. The maximum atomic E-state index is 4.73. The van der Waals surface area contributed by atoms with Gasteiger partial charge in [0.15, 0.2) is 0 Å². The lowest BCUT2D eigenvalue weighted by atomic mass is 9.83. The maximum absolute atomic E-state index is 4.73. The Balaban J connectivity index is 1.54. The first-order valence-corrected chi connectivity index (χ1v) is 11.7. The average Bonchev–Trinajstić information content (AvgIpc) is 2.81. The second-order valence-electron chi connectivity index (χ2n) is 8.56. The molecule has 2 aromatic carbocycles. The Hall–Kier alpha value is -2.88. The molecule has 0 atom stereocenters. The minimum absolute atomic E-state index is 0.681. The van der Waals surface area contributed by atoms with E-state index in [0.717, 1.165) is 40.9 Å². The molecule has 1 aromatic heterocycles. The Bertz CT molecular complexity index is 1030. The summed E-state index contributed by atoms with van der Waals surface area (Å²) in [4.78, 5) is 7.08. The van der Waals surface area contributed by atoms with Gasteiger partial charge in [0.2, 0.25) is 0 Å². The summed E-state index contributed by atoms with van der Waals surface area (Å²) in [6.07, 6.45) is 8.56. The number of rotatable bonds is 7. The van der Waals surface area contributed by atoms with Crippen LogP contribution < -0.4 is 10.3 Å². The zero-order chi connectivity index (χ0) is 21.6. The number of pyridine rings is 1. The van der Waals surface area contributed by atoms with E-state index in [-0.39, 0.29) is 0 Å². The molecule has 0 spiro atoms. The van der Waals surface area contributed by atoms with Crippen LogP contribution in [0.4, 0.5) is 11.4 Å². The molecular formula is C27H34N4. The molecule has 1 aliphatic carbocycles. The van der Waals surface area contributed by atoms with Gasteiger partial charge in [0, 0.05) is 29.9 Å². The Morgan fingerprint density at radius 3 is 2.45 bits per heavy atom. The molecule has 1 fully saturated rings. The predicted octanol–water partition coefficient (Wildman–Crippen LogP) is 6.88. The van der Waals surface area contributed by atoms with Crippen LogP contribution in [0.3, 0.4) is 0 Å². The Morgan fingerprint density at radius 2 is 1.74 bits per heavy atom. The molecule has 4 nitrogen and oxygen atoms in total.